The van der Waals surface area contributed by atoms with Gasteiger partial charge in [0.15, 0.2) is 5.69 Å². The monoisotopic (exact) mass is 471 g/mol. The van der Waals surface area contributed by atoms with Crippen molar-refractivity contribution in [2.24, 2.45) is 5.92 Å². The van der Waals surface area contributed by atoms with Crippen LogP contribution in [0.5, 0.6) is 5.75 Å². The summed E-state index contributed by atoms with van der Waals surface area (Å²) >= 11 is 0. The number of aromatic nitrogens is 2. The van der Waals surface area contributed by atoms with Gasteiger partial charge in [-0.3, -0.25) is 23.9 Å². The molecule has 1 atom stereocenters. The number of ether oxygens (including phenoxy) is 1. The molecular formula is C24H33N5O5. The maximum atomic E-state index is 13.7. The largest absolute Gasteiger partial charge is 0.495 e. The van der Waals surface area contributed by atoms with Gasteiger partial charge in [-0.05, 0) is 37.5 Å². The van der Waals surface area contributed by atoms with E-state index in [9.17, 15) is 19.2 Å². The predicted molar refractivity (Wildman–Crippen MR) is 131 cm³/mol. The molecule has 0 saturated carbocycles. The second-order valence-electron chi connectivity index (χ2n) is 8.57. The van der Waals surface area contributed by atoms with Crippen LogP contribution in [0.2, 0.25) is 0 Å². The van der Waals surface area contributed by atoms with Crippen molar-refractivity contribution < 1.29 is 14.3 Å². The third-order valence-electron chi connectivity index (χ3n) is 6.03. The van der Waals surface area contributed by atoms with Crippen LogP contribution >= 0.6 is 0 Å². The Hall–Kier alpha value is -3.56. The Morgan fingerprint density at radius 1 is 1.24 bits per heavy atom. The summed E-state index contributed by atoms with van der Waals surface area (Å²) in [4.78, 5) is 56.8. The number of aryl methyl sites for hydroxylation is 1. The van der Waals surface area contributed by atoms with E-state index in [0.29, 0.717) is 30.8 Å². The number of methoxy groups -OCH3 is 1. The average Bonchev–Trinajstić information content (AvgIpc) is 3.19. The third kappa shape index (κ3) is 4.85. The predicted octanol–water partition coefficient (Wildman–Crippen LogP) is 2.03. The topological polar surface area (TPSA) is 131 Å². The quantitative estimate of drug-likeness (QED) is 0.575. The number of carbonyl (C=O) groups excluding carboxylic acids is 2. The molecule has 10 nitrogen and oxygen atoms in total. The van der Waals surface area contributed by atoms with E-state index in [0.717, 1.165) is 12.0 Å². The van der Waals surface area contributed by atoms with Crippen LogP contribution in [0.3, 0.4) is 0 Å². The van der Waals surface area contributed by atoms with Crippen LogP contribution in [-0.2, 0) is 16.1 Å². The molecule has 1 fully saturated rings. The molecule has 3 N–H and O–H groups in total. The summed E-state index contributed by atoms with van der Waals surface area (Å²) in [6.45, 7) is 6.50. The van der Waals surface area contributed by atoms with Crippen LogP contribution in [0.1, 0.15) is 45.1 Å². The maximum absolute atomic E-state index is 13.7. The number of amides is 2. The molecular weight excluding hydrogens is 438 g/mol. The second kappa shape index (κ2) is 10.6. The van der Waals surface area contributed by atoms with Crippen molar-refractivity contribution in [3.05, 3.63) is 44.6 Å². The van der Waals surface area contributed by atoms with E-state index < -0.39 is 17.2 Å². The van der Waals surface area contributed by atoms with Gasteiger partial charge in [-0.1, -0.05) is 26.3 Å². The molecule has 0 bridgehead atoms. The number of rotatable bonds is 9. The minimum Gasteiger partial charge on any atom is -0.495 e. The zero-order valence-corrected chi connectivity index (χ0v) is 20.2. The third-order valence-corrected chi connectivity index (χ3v) is 6.03. The Bertz CT molecular complexity index is 1190. The number of nitrogen functional groups attached to an aromatic ring is 1. The molecule has 1 aromatic carbocycles. The number of H-pyrrole nitrogens is 1. The Morgan fingerprint density at radius 3 is 2.62 bits per heavy atom. The molecule has 0 spiro atoms. The van der Waals surface area contributed by atoms with Gasteiger partial charge >= 0.3 is 5.69 Å². The van der Waals surface area contributed by atoms with E-state index in [1.165, 1.54) is 16.6 Å². The van der Waals surface area contributed by atoms with Gasteiger partial charge in [0, 0.05) is 26.1 Å². The second-order valence-corrected chi connectivity index (χ2v) is 8.57. The number of hydrogen-bond acceptors (Lipinski definition) is 6. The molecule has 2 aromatic rings. The van der Waals surface area contributed by atoms with Crippen molar-refractivity contribution in [3.8, 4) is 5.75 Å². The van der Waals surface area contributed by atoms with Gasteiger partial charge < -0.3 is 20.3 Å². The fourth-order valence-electron chi connectivity index (χ4n) is 4.27. The van der Waals surface area contributed by atoms with Crippen molar-refractivity contribution >= 4 is 29.0 Å². The van der Waals surface area contributed by atoms with E-state index in [4.69, 9.17) is 10.5 Å². The average molecular weight is 472 g/mol. The molecule has 34 heavy (non-hydrogen) atoms. The van der Waals surface area contributed by atoms with Gasteiger partial charge in [-0.2, -0.15) is 0 Å². The molecule has 0 aliphatic carbocycles. The Kier molecular flexibility index (Phi) is 7.80. The summed E-state index contributed by atoms with van der Waals surface area (Å²) in [6, 6.07) is 5.53. The minimum absolute atomic E-state index is 0.00492. The minimum atomic E-state index is -0.708. The highest BCUT2D eigenvalue weighted by molar-refractivity contribution is 6.05. The number of aromatic amines is 1. The van der Waals surface area contributed by atoms with Crippen LogP contribution in [0.25, 0.3) is 0 Å². The van der Waals surface area contributed by atoms with Crippen LogP contribution in [0, 0.1) is 12.8 Å². The molecule has 0 unspecified atom stereocenters. The number of nitrogens with two attached hydrogens (primary N) is 1. The van der Waals surface area contributed by atoms with Crippen LogP contribution in [0.4, 0.5) is 17.2 Å². The van der Waals surface area contributed by atoms with Gasteiger partial charge in [-0.25, -0.2) is 4.79 Å². The lowest BCUT2D eigenvalue weighted by atomic mass is 10.1. The van der Waals surface area contributed by atoms with Crippen molar-refractivity contribution in [2.75, 3.05) is 35.7 Å². The Labute approximate surface area is 198 Å². The molecule has 1 saturated heterocycles. The summed E-state index contributed by atoms with van der Waals surface area (Å²) in [7, 11) is 1.53. The van der Waals surface area contributed by atoms with Crippen LogP contribution in [0.15, 0.2) is 27.8 Å². The summed E-state index contributed by atoms with van der Waals surface area (Å²) < 4.78 is 6.69. The Morgan fingerprint density at radius 2 is 1.97 bits per heavy atom. The first-order valence-electron chi connectivity index (χ1n) is 11.6. The highest BCUT2D eigenvalue weighted by atomic mass is 16.5. The first kappa shape index (κ1) is 25.1. The van der Waals surface area contributed by atoms with Gasteiger partial charge in [-0.15, -0.1) is 0 Å². The van der Waals surface area contributed by atoms with Crippen molar-refractivity contribution in [2.45, 2.75) is 53.0 Å². The summed E-state index contributed by atoms with van der Waals surface area (Å²) in [5.74, 6) is -0.728. The number of unbranched alkanes of at least 4 members (excludes halogenated alkanes) is 1. The van der Waals surface area contributed by atoms with Gasteiger partial charge in [0.05, 0.1) is 18.7 Å². The number of benzene rings is 1. The molecule has 1 aliphatic rings. The first-order chi connectivity index (χ1) is 16.2. The smallest absolute Gasteiger partial charge is 0.330 e. The lowest BCUT2D eigenvalue weighted by Gasteiger charge is -2.27. The molecule has 184 valence electrons. The van der Waals surface area contributed by atoms with E-state index in [1.54, 1.807) is 11.0 Å². The fourth-order valence-corrected chi connectivity index (χ4v) is 4.27. The number of carbonyl (C=O) groups is 2. The summed E-state index contributed by atoms with van der Waals surface area (Å²) in [6.07, 6.45) is 2.05. The van der Waals surface area contributed by atoms with E-state index in [2.05, 4.69) is 4.98 Å². The number of nitrogens with zero attached hydrogens (tertiary/aromatic N) is 3. The first-order valence-corrected chi connectivity index (χ1v) is 11.6. The van der Waals surface area contributed by atoms with Crippen molar-refractivity contribution in [1.82, 2.24) is 9.55 Å². The summed E-state index contributed by atoms with van der Waals surface area (Å²) in [5, 5.41) is 0. The highest BCUT2D eigenvalue weighted by Gasteiger charge is 2.39. The zero-order valence-electron chi connectivity index (χ0n) is 20.2. The molecule has 10 heteroatoms. The standard InChI is InChI=1S/C24H33N5O5/c1-5-7-11-27(20-21(25)28(10-6-2)24(33)26-22(20)31)23(32)16-13-19(30)29(14-16)17-12-15(3)8-9-18(17)34-4/h8-9,12,16H,5-7,10-11,13-14,25H2,1-4H3,(H,26,31,33)/t16-/m0/s1. The van der Waals surface area contributed by atoms with Crippen molar-refractivity contribution in [3.63, 3.8) is 0 Å². The van der Waals surface area contributed by atoms with Gasteiger partial charge in [0.2, 0.25) is 11.8 Å². The molecule has 1 aliphatic heterocycles. The number of hydrogen-bond donors (Lipinski definition) is 2. The molecule has 2 heterocycles. The normalized spacial score (nSPS) is 15.6. The highest BCUT2D eigenvalue weighted by Crippen LogP contribution is 2.35. The SMILES string of the molecule is CCCCN(C(=O)[C@H]1CC(=O)N(c2cc(C)ccc2OC)C1)c1c(N)n(CCC)c(=O)[nH]c1=O. The molecule has 3 rings (SSSR count). The lowest BCUT2D eigenvalue weighted by molar-refractivity contribution is -0.124. The Balaban J connectivity index is 1.99. The summed E-state index contributed by atoms with van der Waals surface area (Å²) in [5.41, 5.74) is 6.45. The zero-order chi connectivity index (χ0) is 25.0. The molecule has 0 radical (unpaired) electrons. The number of nitrogens with one attached hydrogen (secondary N) is 1. The van der Waals surface area contributed by atoms with Gasteiger partial charge in [0.25, 0.3) is 5.56 Å². The van der Waals surface area contributed by atoms with Crippen molar-refractivity contribution in [1.29, 1.82) is 0 Å². The van der Waals surface area contributed by atoms with E-state index in [-0.39, 0.29) is 42.8 Å². The van der Waals surface area contributed by atoms with Crippen LogP contribution in [-0.4, -0.2) is 41.6 Å². The van der Waals surface area contributed by atoms with E-state index in [1.807, 2.05) is 32.9 Å². The lowest BCUT2D eigenvalue weighted by Crippen LogP contribution is -2.44. The van der Waals surface area contributed by atoms with Gasteiger partial charge in [0.1, 0.15) is 11.6 Å². The maximum Gasteiger partial charge on any atom is 0.330 e. The molecule has 2 amide bonds. The van der Waals surface area contributed by atoms with E-state index >= 15 is 0 Å². The fraction of sp³-hybridized carbons (Fsp3) is 0.500. The number of anilines is 3. The van der Waals surface area contributed by atoms with Crippen LogP contribution < -0.4 is 31.5 Å². The molecule has 1 aromatic heterocycles.